The molecular formula is C8H11ClO. The van der Waals surface area contributed by atoms with Gasteiger partial charge >= 0.3 is 0 Å². The summed E-state index contributed by atoms with van der Waals surface area (Å²) in [6.45, 7) is 5.13. The zero-order valence-electron chi connectivity index (χ0n) is 6.44. The average molecular weight is 159 g/mol. The maximum Gasteiger partial charge on any atom is 0.152 e. The molecule has 0 unspecified atom stereocenters. The van der Waals surface area contributed by atoms with Gasteiger partial charge < -0.3 is 0 Å². The Hall–Kier alpha value is -0.560. The molecule has 0 bridgehead atoms. The van der Waals surface area contributed by atoms with Crippen LogP contribution in [0.5, 0.6) is 0 Å². The number of ketones is 1. The molecule has 0 saturated carbocycles. The van der Waals surface area contributed by atoms with Gasteiger partial charge in [-0.2, -0.15) is 0 Å². The molecule has 0 aromatic rings. The fourth-order valence-corrected chi connectivity index (χ4v) is 0.848. The van der Waals surface area contributed by atoms with Crippen LogP contribution in [0.15, 0.2) is 22.8 Å². The molecule has 0 aromatic heterocycles. The Balaban J connectivity index is 4.22. The highest BCUT2D eigenvalue weighted by Crippen LogP contribution is 2.04. The first-order valence-corrected chi connectivity index (χ1v) is 3.43. The van der Waals surface area contributed by atoms with Crippen molar-refractivity contribution < 1.29 is 4.79 Å². The van der Waals surface area contributed by atoms with Crippen LogP contribution in [0.2, 0.25) is 0 Å². The minimum Gasteiger partial charge on any atom is -0.295 e. The second kappa shape index (κ2) is 4.29. The van der Waals surface area contributed by atoms with E-state index in [1.165, 1.54) is 6.92 Å². The van der Waals surface area contributed by atoms with E-state index in [1.807, 2.05) is 6.92 Å². The summed E-state index contributed by atoms with van der Waals surface area (Å²) in [5, 5.41) is 0.690. The summed E-state index contributed by atoms with van der Waals surface area (Å²) in [7, 11) is 0. The first-order valence-electron chi connectivity index (χ1n) is 3.05. The Kier molecular flexibility index (Phi) is 4.05. The third-order valence-corrected chi connectivity index (χ3v) is 0.967. The zero-order valence-corrected chi connectivity index (χ0v) is 7.20. The number of carbonyl (C=O) groups is 1. The largest absolute Gasteiger partial charge is 0.295 e. The fourth-order valence-electron chi connectivity index (χ4n) is 0.676. The number of hydrogen-bond donors (Lipinski definition) is 0. The summed E-state index contributed by atoms with van der Waals surface area (Å²) in [4.78, 5) is 10.5. The van der Waals surface area contributed by atoms with Crippen LogP contribution in [0.25, 0.3) is 0 Å². The van der Waals surface area contributed by atoms with Gasteiger partial charge in [-0.1, -0.05) is 11.6 Å². The second-order valence-corrected chi connectivity index (χ2v) is 2.83. The SMILES string of the molecule is CC(=O)C=C(C)C=C(C)Cl. The van der Waals surface area contributed by atoms with E-state index in [2.05, 4.69) is 0 Å². The molecule has 0 saturated heterocycles. The first-order chi connectivity index (χ1) is 4.52. The highest BCUT2D eigenvalue weighted by molar-refractivity contribution is 6.29. The zero-order chi connectivity index (χ0) is 8.15. The van der Waals surface area contributed by atoms with Crippen LogP contribution < -0.4 is 0 Å². The van der Waals surface area contributed by atoms with Crippen LogP contribution in [-0.4, -0.2) is 5.78 Å². The van der Waals surface area contributed by atoms with Crippen LogP contribution in [0.1, 0.15) is 20.8 Å². The predicted molar refractivity (Wildman–Crippen MR) is 44.0 cm³/mol. The minimum absolute atomic E-state index is 0.0478. The minimum atomic E-state index is 0.0478. The van der Waals surface area contributed by atoms with E-state index in [0.29, 0.717) is 5.03 Å². The Labute approximate surface area is 66.4 Å². The molecule has 0 fully saturated rings. The standard InChI is InChI=1S/C8H11ClO/c1-6(4-7(2)9)5-8(3)10/h4-5H,1-3H3. The van der Waals surface area contributed by atoms with E-state index in [-0.39, 0.29) is 5.78 Å². The molecule has 0 aliphatic carbocycles. The number of rotatable bonds is 2. The lowest BCUT2D eigenvalue weighted by molar-refractivity contribution is -0.112. The van der Waals surface area contributed by atoms with Gasteiger partial charge in [0, 0.05) is 5.03 Å². The highest BCUT2D eigenvalue weighted by Gasteiger charge is 1.87. The first kappa shape index (κ1) is 9.44. The van der Waals surface area contributed by atoms with Crippen molar-refractivity contribution >= 4 is 17.4 Å². The van der Waals surface area contributed by atoms with Gasteiger partial charge in [0.1, 0.15) is 0 Å². The molecule has 0 radical (unpaired) electrons. The average Bonchev–Trinajstić information content (AvgIpc) is 1.58. The predicted octanol–water partition coefficient (Wildman–Crippen LogP) is 2.66. The molecule has 1 nitrogen and oxygen atoms in total. The van der Waals surface area contributed by atoms with Crippen LogP contribution >= 0.6 is 11.6 Å². The second-order valence-electron chi connectivity index (χ2n) is 2.23. The van der Waals surface area contributed by atoms with E-state index in [0.717, 1.165) is 5.57 Å². The van der Waals surface area contributed by atoms with Crippen LogP contribution in [0, 0.1) is 0 Å². The van der Waals surface area contributed by atoms with Crippen molar-refractivity contribution in [3.05, 3.63) is 22.8 Å². The van der Waals surface area contributed by atoms with E-state index in [1.54, 1.807) is 19.1 Å². The summed E-state index contributed by atoms with van der Waals surface area (Å²) < 4.78 is 0. The van der Waals surface area contributed by atoms with E-state index in [9.17, 15) is 4.79 Å². The van der Waals surface area contributed by atoms with Gasteiger partial charge in [-0.25, -0.2) is 0 Å². The van der Waals surface area contributed by atoms with Crippen molar-refractivity contribution in [1.82, 2.24) is 0 Å². The Morgan fingerprint density at radius 2 is 1.70 bits per heavy atom. The molecule has 0 atom stereocenters. The summed E-state index contributed by atoms with van der Waals surface area (Å²) in [5.41, 5.74) is 0.889. The van der Waals surface area contributed by atoms with Crippen molar-refractivity contribution in [2.75, 3.05) is 0 Å². The molecule has 0 aliphatic rings. The van der Waals surface area contributed by atoms with Gasteiger partial charge in [0.15, 0.2) is 5.78 Å². The van der Waals surface area contributed by atoms with Gasteiger partial charge in [-0.3, -0.25) is 4.79 Å². The van der Waals surface area contributed by atoms with Crippen molar-refractivity contribution in [3.8, 4) is 0 Å². The van der Waals surface area contributed by atoms with Crippen LogP contribution in [0.3, 0.4) is 0 Å². The molecule has 0 heterocycles. The van der Waals surface area contributed by atoms with Crippen molar-refractivity contribution in [1.29, 1.82) is 0 Å². The molecular weight excluding hydrogens is 148 g/mol. The van der Waals surface area contributed by atoms with Gasteiger partial charge in [0.05, 0.1) is 0 Å². The molecule has 0 rings (SSSR count). The van der Waals surface area contributed by atoms with Crippen LogP contribution in [0.4, 0.5) is 0 Å². The summed E-state index contributed by atoms with van der Waals surface area (Å²) in [6.07, 6.45) is 3.30. The lowest BCUT2D eigenvalue weighted by Crippen LogP contribution is -1.82. The lowest BCUT2D eigenvalue weighted by Gasteiger charge is -1.89. The third-order valence-electron chi connectivity index (χ3n) is 0.857. The number of carbonyl (C=O) groups excluding carboxylic acids is 1. The molecule has 10 heavy (non-hydrogen) atoms. The topological polar surface area (TPSA) is 17.1 Å². The Bertz CT molecular complexity index is 185. The Morgan fingerprint density at radius 1 is 1.20 bits per heavy atom. The molecule has 0 N–H and O–H groups in total. The van der Waals surface area contributed by atoms with Crippen molar-refractivity contribution in [2.45, 2.75) is 20.8 Å². The lowest BCUT2D eigenvalue weighted by atomic mass is 10.2. The van der Waals surface area contributed by atoms with Gasteiger partial charge in [-0.05, 0) is 38.5 Å². The van der Waals surface area contributed by atoms with Gasteiger partial charge in [0.2, 0.25) is 0 Å². The quantitative estimate of drug-likeness (QED) is 0.446. The van der Waals surface area contributed by atoms with Gasteiger partial charge in [-0.15, -0.1) is 0 Å². The molecule has 2 heteroatoms. The molecule has 0 spiro atoms. The molecule has 0 aliphatic heterocycles. The summed E-state index contributed by atoms with van der Waals surface area (Å²) >= 11 is 5.57. The van der Waals surface area contributed by atoms with Crippen molar-refractivity contribution in [2.24, 2.45) is 0 Å². The number of hydrogen-bond acceptors (Lipinski definition) is 1. The summed E-state index contributed by atoms with van der Waals surface area (Å²) in [6, 6.07) is 0. The summed E-state index contributed by atoms with van der Waals surface area (Å²) in [5.74, 6) is 0.0478. The highest BCUT2D eigenvalue weighted by atomic mass is 35.5. The monoisotopic (exact) mass is 158 g/mol. The van der Waals surface area contributed by atoms with Crippen LogP contribution in [-0.2, 0) is 4.79 Å². The molecule has 56 valence electrons. The normalized spacial score (nSPS) is 13.6. The van der Waals surface area contributed by atoms with Crippen molar-refractivity contribution in [3.63, 3.8) is 0 Å². The number of halogens is 1. The smallest absolute Gasteiger partial charge is 0.152 e. The van der Waals surface area contributed by atoms with Gasteiger partial charge in [0.25, 0.3) is 0 Å². The molecule has 0 aromatic carbocycles. The number of allylic oxidation sites excluding steroid dienone is 4. The van der Waals surface area contributed by atoms with E-state index in [4.69, 9.17) is 11.6 Å². The fraction of sp³-hybridized carbons (Fsp3) is 0.375. The maximum atomic E-state index is 10.5. The maximum absolute atomic E-state index is 10.5. The third kappa shape index (κ3) is 5.57. The molecule has 0 amide bonds. The van der Waals surface area contributed by atoms with E-state index >= 15 is 0 Å². The van der Waals surface area contributed by atoms with E-state index < -0.39 is 0 Å². The Morgan fingerprint density at radius 3 is 2.00 bits per heavy atom.